The highest BCUT2D eigenvalue weighted by Crippen LogP contribution is 2.71. The minimum absolute atomic E-state index is 0.0962. The van der Waals surface area contributed by atoms with E-state index in [2.05, 4.69) is 27.4 Å². The first-order chi connectivity index (χ1) is 9.80. The summed E-state index contributed by atoms with van der Waals surface area (Å²) in [4.78, 5) is 12.5. The summed E-state index contributed by atoms with van der Waals surface area (Å²) in [5.41, 5.74) is 2.40. The molecular formula is C20H30O. The molecule has 0 amide bonds. The Balaban J connectivity index is 1.75. The van der Waals surface area contributed by atoms with Crippen LogP contribution in [-0.2, 0) is 4.79 Å². The van der Waals surface area contributed by atoms with Crippen molar-refractivity contribution >= 4 is 5.78 Å². The van der Waals surface area contributed by atoms with Crippen molar-refractivity contribution in [3.05, 3.63) is 12.2 Å². The van der Waals surface area contributed by atoms with Crippen LogP contribution >= 0.6 is 0 Å². The van der Waals surface area contributed by atoms with Crippen LogP contribution in [0.25, 0.3) is 0 Å². The molecule has 0 saturated heterocycles. The molecule has 0 aromatic heterocycles. The largest absolute Gasteiger partial charge is 0.299 e. The van der Waals surface area contributed by atoms with Gasteiger partial charge in [0, 0.05) is 11.8 Å². The monoisotopic (exact) mass is 286 g/mol. The number of hydrogen-bond acceptors (Lipinski definition) is 1. The quantitative estimate of drug-likeness (QED) is 0.562. The minimum atomic E-state index is -0.0962. The molecule has 1 spiro atoms. The summed E-state index contributed by atoms with van der Waals surface area (Å²) in [6.45, 7) is 11.4. The average Bonchev–Trinajstić information content (AvgIpc) is 2.65. The number of ketones is 1. The zero-order valence-corrected chi connectivity index (χ0v) is 14.0. The van der Waals surface area contributed by atoms with Gasteiger partial charge in [-0.25, -0.2) is 0 Å². The van der Waals surface area contributed by atoms with Gasteiger partial charge in [-0.3, -0.25) is 4.79 Å². The summed E-state index contributed by atoms with van der Waals surface area (Å²) in [5.74, 6) is 2.78. The summed E-state index contributed by atoms with van der Waals surface area (Å²) in [7, 11) is 0. The van der Waals surface area contributed by atoms with Gasteiger partial charge in [0.25, 0.3) is 0 Å². The highest BCUT2D eigenvalue weighted by atomic mass is 16.1. The van der Waals surface area contributed by atoms with Gasteiger partial charge in [0.1, 0.15) is 5.78 Å². The molecule has 0 aliphatic heterocycles. The summed E-state index contributed by atoms with van der Waals surface area (Å²) < 4.78 is 0. The Morgan fingerprint density at radius 2 is 1.81 bits per heavy atom. The van der Waals surface area contributed by atoms with E-state index in [9.17, 15) is 4.79 Å². The van der Waals surface area contributed by atoms with Crippen molar-refractivity contribution in [2.45, 2.75) is 72.1 Å². The lowest BCUT2D eigenvalue weighted by molar-refractivity contribution is -0.165. The van der Waals surface area contributed by atoms with E-state index in [0.29, 0.717) is 22.5 Å². The Kier molecular flexibility index (Phi) is 2.69. The first-order valence-corrected chi connectivity index (χ1v) is 9.01. The smallest absolute Gasteiger partial charge is 0.138 e. The highest BCUT2D eigenvalue weighted by molar-refractivity contribution is 5.85. The molecule has 1 nitrogen and oxygen atoms in total. The molecule has 4 aliphatic carbocycles. The van der Waals surface area contributed by atoms with Gasteiger partial charge in [-0.05, 0) is 73.5 Å². The number of carbonyl (C=O) groups excluding carboxylic acids is 1. The van der Waals surface area contributed by atoms with E-state index in [-0.39, 0.29) is 5.41 Å². The molecular weight excluding hydrogens is 256 g/mol. The average molecular weight is 286 g/mol. The molecule has 2 bridgehead atoms. The number of fused-ring (bicyclic) bond motifs is 3. The van der Waals surface area contributed by atoms with Crippen LogP contribution in [0.1, 0.15) is 72.1 Å². The first kappa shape index (κ1) is 14.0. The summed E-state index contributed by atoms with van der Waals surface area (Å²) in [6, 6.07) is 0. The molecule has 116 valence electrons. The van der Waals surface area contributed by atoms with Gasteiger partial charge in [0.15, 0.2) is 0 Å². The van der Waals surface area contributed by atoms with E-state index < -0.39 is 0 Å². The van der Waals surface area contributed by atoms with Crippen molar-refractivity contribution in [3.63, 3.8) is 0 Å². The number of Topliss-reactive ketones (excluding diaryl/α,β-unsaturated/α-hetero) is 1. The number of carbonyl (C=O) groups is 1. The van der Waals surface area contributed by atoms with Gasteiger partial charge in [-0.1, -0.05) is 32.9 Å². The fourth-order valence-electron chi connectivity index (χ4n) is 7.38. The third kappa shape index (κ3) is 1.61. The lowest BCUT2D eigenvalue weighted by atomic mass is 9.41. The predicted octanol–water partition coefficient (Wildman–Crippen LogP) is 5.15. The molecule has 4 saturated carbocycles. The minimum Gasteiger partial charge on any atom is -0.299 e. The molecule has 4 aliphatic rings. The van der Waals surface area contributed by atoms with Gasteiger partial charge in [-0.2, -0.15) is 0 Å². The standard InChI is InChI=1S/C20H30O/c1-13-11-20-10-7-15-18(2,3)17(21)8-9-19(15,4)16(20)6-5-14(13)12-20/h14-16H,1,5-12H2,2-4H3/t14?,15-,16+,19?,20?/m1/s1. The fraction of sp³-hybridized carbons (Fsp3) is 0.850. The molecule has 21 heavy (non-hydrogen) atoms. The number of hydrogen-bond donors (Lipinski definition) is 0. The molecule has 0 aromatic rings. The van der Waals surface area contributed by atoms with E-state index in [1.807, 2.05) is 0 Å². The Bertz CT molecular complexity index is 516. The van der Waals surface area contributed by atoms with Gasteiger partial charge in [0.05, 0.1) is 0 Å². The van der Waals surface area contributed by atoms with Gasteiger partial charge < -0.3 is 0 Å². The zero-order chi connectivity index (χ0) is 15.0. The van der Waals surface area contributed by atoms with E-state index in [1.165, 1.54) is 38.5 Å². The number of allylic oxidation sites excluding steroid dienone is 1. The van der Waals surface area contributed by atoms with Crippen molar-refractivity contribution in [1.82, 2.24) is 0 Å². The van der Waals surface area contributed by atoms with Crippen LogP contribution in [-0.4, -0.2) is 5.78 Å². The second kappa shape index (κ2) is 4.03. The SMILES string of the molecule is C=C1CC23CC[C@@H]4C(C)(C)C(=O)CCC4(C)[C@@H]2CCC1C3. The maximum absolute atomic E-state index is 12.5. The van der Waals surface area contributed by atoms with Crippen molar-refractivity contribution < 1.29 is 4.79 Å². The first-order valence-electron chi connectivity index (χ1n) is 9.01. The van der Waals surface area contributed by atoms with Crippen LogP contribution in [0.3, 0.4) is 0 Å². The normalized spacial score (nSPS) is 51.5. The van der Waals surface area contributed by atoms with Crippen molar-refractivity contribution in [3.8, 4) is 0 Å². The van der Waals surface area contributed by atoms with Crippen molar-refractivity contribution in [2.24, 2.45) is 34.0 Å². The maximum atomic E-state index is 12.5. The molecule has 5 atom stereocenters. The van der Waals surface area contributed by atoms with Gasteiger partial charge in [0.2, 0.25) is 0 Å². The lowest BCUT2D eigenvalue weighted by Gasteiger charge is -2.63. The molecule has 3 unspecified atom stereocenters. The Morgan fingerprint density at radius 3 is 2.57 bits per heavy atom. The van der Waals surface area contributed by atoms with Crippen LogP contribution in [0, 0.1) is 34.0 Å². The zero-order valence-electron chi connectivity index (χ0n) is 14.0. The van der Waals surface area contributed by atoms with Gasteiger partial charge in [-0.15, -0.1) is 0 Å². The predicted molar refractivity (Wildman–Crippen MR) is 85.9 cm³/mol. The molecule has 0 aromatic carbocycles. The van der Waals surface area contributed by atoms with Crippen LogP contribution in [0.2, 0.25) is 0 Å². The lowest BCUT2D eigenvalue weighted by Crippen LogP contribution is -2.58. The molecule has 4 rings (SSSR count). The van der Waals surface area contributed by atoms with E-state index >= 15 is 0 Å². The molecule has 0 radical (unpaired) electrons. The Labute approximate surface area is 129 Å². The second-order valence-electron chi connectivity index (χ2n) is 9.47. The van der Waals surface area contributed by atoms with E-state index in [4.69, 9.17) is 0 Å². The summed E-state index contributed by atoms with van der Waals surface area (Å²) in [5, 5.41) is 0. The van der Waals surface area contributed by atoms with Crippen molar-refractivity contribution in [1.29, 1.82) is 0 Å². The van der Waals surface area contributed by atoms with Crippen LogP contribution in [0.15, 0.2) is 12.2 Å². The van der Waals surface area contributed by atoms with Gasteiger partial charge >= 0.3 is 0 Å². The third-order valence-corrected chi connectivity index (χ3v) is 8.36. The van der Waals surface area contributed by atoms with Crippen LogP contribution < -0.4 is 0 Å². The Morgan fingerprint density at radius 1 is 1.05 bits per heavy atom. The second-order valence-corrected chi connectivity index (χ2v) is 9.47. The number of rotatable bonds is 0. The van der Waals surface area contributed by atoms with E-state index in [1.54, 1.807) is 5.57 Å². The topological polar surface area (TPSA) is 17.1 Å². The Hall–Kier alpha value is -0.590. The molecule has 0 N–H and O–H groups in total. The van der Waals surface area contributed by atoms with Crippen LogP contribution in [0.5, 0.6) is 0 Å². The van der Waals surface area contributed by atoms with Crippen molar-refractivity contribution in [2.75, 3.05) is 0 Å². The summed E-state index contributed by atoms with van der Waals surface area (Å²) in [6.07, 6.45) is 10.0. The molecule has 0 heterocycles. The highest BCUT2D eigenvalue weighted by Gasteiger charge is 2.64. The van der Waals surface area contributed by atoms with Crippen LogP contribution in [0.4, 0.5) is 0 Å². The summed E-state index contributed by atoms with van der Waals surface area (Å²) >= 11 is 0. The third-order valence-electron chi connectivity index (χ3n) is 8.36. The molecule has 1 heteroatoms. The maximum Gasteiger partial charge on any atom is 0.138 e. The molecule has 4 fully saturated rings. The fourth-order valence-corrected chi connectivity index (χ4v) is 7.38. The van der Waals surface area contributed by atoms with E-state index in [0.717, 1.165) is 24.7 Å².